The van der Waals surface area contributed by atoms with Crippen molar-refractivity contribution in [1.82, 2.24) is 4.98 Å². The number of nitrogens with zero attached hydrogens (tertiary/aromatic N) is 1. The lowest BCUT2D eigenvalue weighted by Gasteiger charge is -2.01. The molecule has 0 unspecified atom stereocenters. The van der Waals surface area contributed by atoms with E-state index in [1.54, 1.807) is 11.3 Å². The summed E-state index contributed by atoms with van der Waals surface area (Å²) in [6.07, 6.45) is 0. The summed E-state index contributed by atoms with van der Waals surface area (Å²) in [6, 6.07) is 0. The molecule has 0 amide bonds. The molecule has 0 radical (unpaired) electrons. The largest absolute Gasteiger partial charge is 0.379 e. The standard InChI is InChI=1S/C9H16N2O2S/c1-2-12-3-4-13-6-8-7-14-9(5-10)11-8/h7H,2-6,10H2,1H3. The number of nitrogens with two attached hydrogens (primary N) is 1. The smallest absolute Gasteiger partial charge is 0.107 e. The molecule has 1 rings (SSSR count). The molecule has 1 aromatic heterocycles. The van der Waals surface area contributed by atoms with Crippen LogP contribution >= 0.6 is 11.3 Å². The molecule has 14 heavy (non-hydrogen) atoms. The molecule has 0 aromatic carbocycles. The fourth-order valence-electron chi connectivity index (χ4n) is 0.948. The minimum absolute atomic E-state index is 0.504. The number of hydrogen-bond donors (Lipinski definition) is 1. The van der Waals surface area contributed by atoms with Crippen LogP contribution in [-0.2, 0) is 22.6 Å². The van der Waals surface area contributed by atoms with Crippen LogP contribution in [-0.4, -0.2) is 24.8 Å². The molecule has 1 aromatic rings. The highest BCUT2D eigenvalue weighted by molar-refractivity contribution is 7.09. The van der Waals surface area contributed by atoms with Crippen molar-refractivity contribution in [2.75, 3.05) is 19.8 Å². The number of aromatic nitrogens is 1. The van der Waals surface area contributed by atoms with Gasteiger partial charge in [0, 0.05) is 18.5 Å². The van der Waals surface area contributed by atoms with Gasteiger partial charge in [0.05, 0.1) is 25.5 Å². The molecular formula is C9H16N2O2S. The summed E-state index contributed by atoms with van der Waals surface area (Å²) in [7, 11) is 0. The Hall–Kier alpha value is -0.490. The molecule has 0 saturated heterocycles. The third-order valence-electron chi connectivity index (χ3n) is 1.60. The molecule has 80 valence electrons. The second kappa shape index (κ2) is 6.89. The zero-order valence-corrected chi connectivity index (χ0v) is 9.18. The summed E-state index contributed by atoms with van der Waals surface area (Å²) in [5.41, 5.74) is 6.40. The van der Waals surface area contributed by atoms with Crippen LogP contribution in [0, 0.1) is 0 Å². The summed E-state index contributed by atoms with van der Waals surface area (Å²) < 4.78 is 10.5. The molecule has 0 spiro atoms. The number of ether oxygens (including phenoxy) is 2. The maximum Gasteiger partial charge on any atom is 0.107 e. The van der Waals surface area contributed by atoms with E-state index in [0.29, 0.717) is 26.4 Å². The molecular weight excluding hydrogens is 200 g/mol. The molecule has 1 heterocycles. The summed E-state index contributed by atoms with van der Waals surface area (Å²) >= 11 is 1.57. The van der Waals surface area contributed by atoms with E-state index in [1.165, 1.54) is 0 Å². The third-order valence-corrected chi connectivity index (χ3v) is 2.52. The summed E-state index contributed by atoms with van der Waals surface area (Å²) in [4.78, 5) is 4.27. The molecule has 0 saturated carbocycles. The summed E-state index contributed by atoms with van der Waals surface area (Å²) in [5, 5.41) is 2.93. The van der Waals surface area contributed by atoms with Crippen molar-refractivity contribution < 1.29 is 9.47 Å². The van der Waals surface area contributed by atoms with Crippen molar-refractivity contribution >= 4 is 11.3 Å². The van der Waals surface area contributed by atoms with E-state index in [4.69, 9.17) is 15.2 Å². The fraction of sp³-hybridized carbons (Fsp3) is 0.667. The lowest BCUT2D eigenvalue weighted by Crippen LogP contribution is -2.04. The zero-order valence-electron chi connectivity index (χ0n) is 8.36. The molecule has 0 aliphatic rings. The highest BCUT2D eigenvalue weighted by atomic mass is 32.1. The first-order valence-electron chi connectivity index (χ1n) is 4.65. The Labute approximate surface area is 88.0 Å². The van der Waals surface area contributed by atoms with Crippen LogP contribution in [0.4, 0.5) is 0 Å². The fourth-order valence-corrected chi connectivity index (χ4v) is 1.61. The van der Waals surface area contributed by atoms with Crippen LogP contribution in [0.3, 0.4) is 0 Å². The molecule has 4 nitrogen and oxygen atoms in total. The molecule has 2 N–H and O–H groups in total. The lowest BCUT2D eigenvalue weighted by atomic mass is 10.5. The van der Waals surface area contributed by atoms with E-state index >= 15 is 0 Å². The molecule has 0 atom stereocenters. The Bertz CT molecular complexity index is 253. The maximum absolute atomic E-state index is 5.44. The van der Waals surface area contributed by atoms with Gasteiger partial charge in [-0.1, -0.05) is 0 Å². The number of rotatable bonds is 7. The SMILES string of the molecule is CCOCCOCc1csc(CN)n1. The minimum atomic E-state index is 0.504. The Morgan fingerprint density at radius 3 is 2.86 bits per heavy atom. The van der Waals surface area contributed by atoms with Gasteiger partial charge in [-0.25, -0.2) is 4.98 Å². The quantitative estimate of drug-likeness (QED) is 0.695. The van der Waals surface area contributed by atoms with Gasteiger partial charge in [0.15, 0.2) is 0 Å². The Balaban J connectivity index is 2.12. The van der Waals surface area contributed by atoms with Gasteiger partial charge in [0.1, 0.15) is 5.01 Å². The molecule has 0 aliphatic carbocycles. The van der Waals surface area contributed by atoms with Crippen molar-refractivity contribution in [2.24, 2.45) is 5.73 Å². The molecule has 0 bridgehead atoms. The Morgan fingerprint density at radius 1 is 1.43 bits per heavy atom. The van der Waals surface area contributed by atoms with Crippen molar-refractivity contribution in [2.45, 2.75) is 20.1 Å². The maximum atomic E-state index is 5.44. The Kier molecular flexibility index (Phi) is 5.70. The molecule has 5 heteroatoms. The van der Waals surface area contributed by atoms with Crippen molar-refractivity contribution in [1.29, 1.82) is 0 Å². The monoisotopic (exact) mass is 216 g/mol. The van der Waals surface area contributed by atoms with Gasteiger partial charge >= 0.3 is 0 Å². The first-order chi connectivity index (χ1) is 6.86. The van der Waals surface area contributed by atoms with E-state index in [-0.39, 0.29) is 0 Å². The molecule has 0 aliphatic heterocycles. The lowest BCUT2D eigenvalue weighted by molar-refractivity contribution is 0.0442. The highest BCUT2D eigenvalue weighted by Crippen LogP contribution is 2.09. The van der Waals surface area contributed by atoms with E-state index in [9.17, 15) is 0 Å². The van der Waals surface area contributed by atoms with Crippen LogP contribution in [0.5, 0.6) is 0 Å². The van der Waals surface area contributed by atoms with Gasteiger partial charge in [0.25, 0.3) is 0 Å². The highest BCUT2D eigenvalue weighted by Gasteiger charge is 1.99. The van der Waals surface area contributed by atoms with E-state index in [0.717, 1.165) is 17.3 Å². The van der Waals surface area contributed by atoms with Gasteiger partial charge in [-0.15, -0.1) is 11.3 Å². The van der Waals surface area contributed by atoms with Crippen molar-refractivity contribution in [3.05, 3.63) is 16.1 Å². The van der Waals surface area contributed by atoms with Gasteiger partial charge in [-0.05, 0) is 6.92 Å². The van der Waals surface area contributed by atoms with Crippen LogP contribution in [0.1, 0.15) is 17.6 Å². The number of hydrogen-bond acceptors (Lipinski definition) is 5. The first-order valence-corrected chi connectivity index (χ1v) is 5.53. The average molecular weight is 216 g/mol. The minimum Gasteiger partial charge on any atom is -0.379 e. The van der Waals surface area contributed by atoms with Gasteiger partial charge in [-0.3, -0.25) is 0 Å². The number of thiazole rings is 1. The van der Waals surface area contributed by atoms with E-state index < -0.39 is 0 Å². The van der Waals surface area contributed by atoms with Crippen molar-refractivity contribution in [3.63, 3.8) is 0 Å². The van der Waals surface area contributed by atoms with E-state index in [1.807, 2.05) is 12.3 Å². The third kappa shape index (κ3) is 4.15. The van der Waals surface area contributed by atoms with Gasteiger partial charge in [-0.2, -0.15) is 0 Å². The zero-order chi connectivity index (χ0) is 10.2. The summed E-state index contributed by atoms with van der Waals surface area (Å²) in [6.45, 7) is 5.01. The molecule has 0 fully saturated rings. The summed E-state index contributed by atoms with van der Waals surface area (Å²) in [5.74, 6) is 0. The second-order valence-corrected chi connectivity index (χ2v) is 3.63. The second-order valence-electron chi connectivity index (χ2n) is 2.69. The predicted molar refractivity (Wildman–Crippen MR) is 56.2 cm³/mol. The van der Waals surface area contributed by atoms with Crippen LogP contribution in [0.15, 0.2) is 5.38 Å². The van der Waals surface area contributed by atoms with Crippen molar-refractivity contribution in [3.8, 4) is 0 Å². The van der Waals surface area contributed by atoms with Crippen LogP contribution in [0.25, 0.3) is 0 Å². The first kappa shape index (κ1) is 11.6. The van der Waals surface area contributed by atoms with Crippen LogP contribution < -0.4 is 5.73 Å². The Morgan fingerprint density at radius 2 is 2.21 bits per heavy atom. The average Bonchev–Trinajstić information content (AvgIpc) is 2.65. The van der Waals surface area contributed by atoms with Crippen LogP contribution in [0.2, 0.25) is 0 Å². The van der Waals surface area contributed by atoms with Gasteiger partial charge < -0.3 is 15.2 Å². The van der Waals surface area contributed by atoms with E-state index in [2.05, 4.69) is 4.98 Å². The van der Waals surface area contributed by atoms with Gasteiger partial charge in [0.2, 0.25) is 0 Å². The topological polar surface area (TPSA) is 57.4 Å². The predicted octanol–water partition coefficient (Wildman–Crippen LogP) is 1.15. The normalized spacial score (nSPS) is 10.7.